The monoisotopic (exact) mass is 291 g/mol. The van der Waals surface area contributed by atoms with Gasteiger partial charge in [0.05, 0.1) is 11.7 Å². The number of carboxylic acid groups (broad SMARTS) is 1. The van der Waals surface area contributed by atoms with Crippen LogP contribution >= 0.6 is 0 Å². The van der Waals surface area contributed by atoms with Gasteiger partial charge in [0.25, 0.3) is 0 Å². The largest absolute Gasteiger partial charge is 0.480 e. The molecule has 0 amide bonds. The van der Waals surface area contributed by atoms with E-state index in [1.54, 1.807) is 18.2 Å². The topological polar surface area (TPSA) is 66.8 Å². The highest BCUT2D eigenvalue weighted by atomic mass is 16.5. The molecule has 5 nitrogen and oxygen atoms in total. The molecule has 1 aliphatic rings. The van der Waals surface area contributed by atoms with Crippen molar-refractivity contribution < 1.29 is 19.4 Å². The van der Waals surface area contributed by atoms with Crippen LogP contribution < -0.4 is 0 Å². The van der Waals surface area contributed by atoms with Crippen molar-refractivity contribution >= 4 is 11.9 Å². The average molecular weight is 291 g/mol. The molecule has 0 aliphatic carbocycles. The Kier molecular flexibility index (Phi) is 4.96. The van der Waals surface area contributed by atoms with E-state index < -0.39 is 12.0 Å². The van der Waals surface area contributed by atoms with Crippen molar-refractivity contribution in [2.45, 2.75) is 45.4 Å². The fourth-order valence-corrected chi connectivity index (χ4v) is 2.61. The number of benzene rings is 1. The first-order valence-electron chi connectivity index (χ1n) is 7.24. The van der Waals surface area contributed by atoms with E-state index in [4.69, 9.17) is 4.74 Å². The Balaban J connectivity index is 2.07. The summed E-state index contributed by atoms with van der Waals surface area (Å²) in [5.74, 6) is -1.12. The molecule has 114 valence electrons. The maximum Gasteiger partial charge on any atom is 0.338 e. The number of nitrogens with zero attached hydrogens (tertiary/aromatic N) is 1. The van der Waals surface area contributed by atoms with Crippen molar-refractivity contribution in [1.29, 1.82) is 0 Å². The number of hydrogen-bond donors (Lipinski definition) is 1. The SMILES string of the molecule is CC(C)OC(=O)c1cccc(CN2CCCC2C(=O)O)c1. The number of rotatable bonds is 5. The van der Waals surface area contributed by atoms with Crippen molar-refractivity contribution in [1.82, 2.24) is 4.90 Å². The molecular weight excluding hydrogens is 270 g/mol. The Labute approximate surface area is 124 Å². The number of carboxylic acids is 1. The summed E-state index contributed by atoms with van der Waals surface area (Å²) >= 11 is 0. The van der Waals surface area contributed by atoms with Gasteiger partial charge in [-0.05, 0) is 50.9 Å². The van der Waals surface area contributed by atoms with Gasteiger partial charge in [0.1, 0.15) is 6.04 Å². The van der Waals surface area contributed by atoms with Crippen LogP contribution in [0.4, 0.5) is 0 Å². The van der Waals surface area contributed by atoms with Crippen LogP contribution in [0.3, 0.4) is 0 Å². The molecule has 0 radical (unpaired) electrons. The quantitative estimate of drug-likeness (QED) is 0.843. The predicted molar refractivity (Wildman–Crippen MR) is 78.1 cm³/mol. The van der Waals surface area contributed by atoms with Gasteiger partial charge in [0.2, 0.25) is 0 Å². The van der Waals surface area contributed by atoms with Gasteiger partial charge in [-0.2, -0.15) is 0 Å². The molecule has 1 unspecified atom stereocenters. The number of carbonyl (C=O) groups excluding carboxylic acids is 1. The number of likely N-dealkylation sites (tertiary alicyclic amines) is 1. The fourth-order valence-electron chi connectivity index (χ4n) is 2.61. The zero-order valence-corrected chi connectivity index (χ0v) is 12.4. The first kappa shape index (κ1) is 15.5. The molecule has 2 rings (SSSR count). The van der Waals surface area contributed by atoms with Crippen LogP contribution in [0.15, 0.2) is 24.3 Å². The van der Waals surface area contributed by atoms with Crippen LogP contribution in [0.1, 0.15) is 42.6 Å². The third-order valence-corrected chi connectivity index (χ3v) is 3.54. The van der Waals surface area contributed by atoms with Gasteiger partial charge in [-0.3, -0.25) is 9.69 Å². The normalized spacial score (nSPS) is 18.9. The van der Waals surface area contributed by atoms with Crippen LogP contribution in [0.5, 0.6) is 0 Å². The van der Waals surface area contributed by atoms with Crippen LogP contribution in [0, 0.1) is 0 Å². The maximum atomic E-state index is 11.9. The highest BCUT2D eigenvalue weighted by molar-refractivity contribution is 5.89. The Bertz CT molecular complexity index is 527. The standard InChI is InChI=1S/C16H21NO4/c1-11(2)21-16(20)13-6-3-5-12(9-13)10-17-8-4-7-14(17)15(18)19/h3,5-6,9,11,14H,4,7-8,10H2,1-2H3,(H,18,19). The predicted octanol–water partition coefficient (Wildman–Crippen LogP) is 2.30. The van der Waals surface area contributed by atoms with Gasteiger partial charge in [-0.15, -0.1) is 0 Å². The molecule has 5 heteroatoms. The number of ether oxygens (including phenoxy) is 1. The number of esters is 1. The average Bonchev–Trinajstić information content (AvgIpc) is 2.86. The number of carbonyl (C=O) groups is 2. The highest BCUT2D eigenvalue weighted by Crippen LogP contribution is 2.20. The fraction of sp³-hybridized carbons (Fsp3) is 0.500. The van der Waals surface area contributed by atoms with Crippen LogP contribution in [0.2, 0.25) is 0 Å². The molecule has 0 spiro atoms. The van der Waals surface area contributed by atoms with E-state index in [1.807, 2.05) is 24.8 Å². The van der Waals surface area contributed by atoms with Gasteiger partial charge in [-0.1, -0.05) is 12.1 Å². The Morgan fingerprint density at radius 3 is 2.86 bits per heavy atom. The molecule has 1 N–H and O–H groups in total. The van der Waals surface area contributed by atoms with Gasteiger partial charge in [0.15, 0.2) is 0 Å². The van der Waals surface area contributed by atoms with E-state index in [1.165, 1.54) is 0 Å². The summed E-state index contributed by atoms with van der Waals surface area (Å²) in [6, 6.07) is 6.78. The van der Waals surface area contributed by atoms with Crippen molar-refractivity contribution in [2.75, 3.05) is 6.54 Å². The second kappa shape index (κ2) is 6.72. The second-order valence-electron chi connectivity index (χ2n) is 5.62. The molecule has 21 heavy (non-hydrogen) atoms. The number of aliphatic carboxylic acids is 1. The van der Waals surface area contributed by atoms with Crippen LogP contribution in [-0.2, 0) is 16.1 Å². The third kappa shape index (κ3) is 4.04. The highest BCUT2D eigenvalue weighted by Gasteiger charge is 2.30. The lowest BCUT2D eigenvalue weighted by Crippen LogP contribution is -2.35. The van der Waals surface area contributed by atoms with E-state index >= 15 is 0 Å². The van der Waals surface area contributed by atoms with E-state index in [-0.39, 0.29) is 12.1 Å². The van der Waals surface area contributed by atoms with E-state index in [2.05, 4.69) is 0 Å². The molecule has 1 aliphatic heterocycles. The molecule has 1 fully saturated rings. The summed E-state index contributed by atoms with van der Waals surface area (Å²) in [5.41, 5.74) is 1.44. The van der Waals surface area contributed by atoms with Gasteiger partial charge in [-0.25, -0.2) is 4.79 Å². The lowest BCUT2D eigenvalue weighted by atomic mass is 10.1. The molecule has 0 aromatic heterocycles. The van der Waals surface area contributed by atoms with Crippen LogP contribution in [0.25, 0.3) is 0 Å². The van der Waals surface area contributed by atoms with Gasteiger partial charge < -0.3 is 9.84 Å². The molecule has 1 atom stereocenters. The molecule has 0 bridgehead atoms. The minimum absolute atomic E-state index is 0.156. The minimum Gasteiger partial charge on any atom is -0.480 e. The van der Waals surface area contributed by atoms with E-state index in [0.717, 1.165) is 18.5 Å². The van der Waals surface area contributed by atoms with Crippen molar-refractivity contribution in [3.8, 4) is 0 Å². The van der Waals surface area contributed by atoms with Gasteiger partial charge >= 0.3 is 11.9 Å². The minimum atomic E-state index is -0.775. The van der Waals surface area contributed by atoms with Crippen molar-refractivity contribution in [3.63, 3.8) is 0 Å². The summed E-state index contributed by atoms with van der Waals surface area (Å²) in [6.07, 6.45) is 1.42. The van der Waals surface area contributed by atoms with Crippen molar-refractivity contribution in [3.05, 3.63) is 35.4 Å². The number of hydrogen-bond acceptors (Lipinski definition) is 4. The van der Waals surface area contributed by atoms with Gasteiger partial charge in [0, 0.05) is 6.54 Å². The molecule has 1 aromatic rings. The summed E-state index contributed by atoms with van der Waals surface area (Å²) in [7, 11) is 0. The summed E-state index contributed by atoms with van der Waals surface area (Å²) in [6.45, 7) is 4.93. The lowest BCUT2D eigenvalue weighted by molar-refractivity contribution is -0.142. The summed E-state index contributed by atoms with van der Waals surface area (Å²) in [4.78, 5) is 25.0. The van der Waals surface area contributed by atoms with Crippen LogP contribution in [-0.4, -0.2) is 40.6 Å². The Hall–Kier alpha value is -1.88. The van der Waals surface area contributed by atoms with Crippen molar-refractivity contribution in [2.24, 2.45) is 0 Å². The summed E-state index contributed by atoms with van der Waals surface area (Å²) in [5, 5.41) is 9.19. The first-order chi connectivity index (χ1) is 9.97. The molecular formula is C16H21NO4. The third-order valence-electron chi connectivity index (χ3n) is 3.54. The molecule has 1 heterocycles. The van der Waals surface area contributed by atoms with E-state index in [9.17, 15) is 14.7 Å². The molecule has 1 saturated heterocycles. The zero-order chi connectivity index (χ0) is 15.4. The maximum absolute atomic E-state index is 11.9. The molecule has 1 aromatic carbocycles. The Morgan fingerprint density at radius 2 is 2.19 bits per heavy atom. The lowest BCUT2D eigenvalue weighted by Gasteiger charge is -2.21. The summed E-state index contributed by atoms with van der Waals surface area (Å²) < 4.78 is 5.17. The zero-order valence-electron chi connectivity index (χ0n) is 12.4. The second-order valence-corrected chi connectivity index (χ2v) is 5.62. The Morgan fingerprint density at radius 1 is 1.43 bits per heavy atom. The smallest absolute Gasteiger partial charge is 0.338 e. The molecule has 0 saturated carbocycles. The van der Waals surface area contributed by atoms with E-state index in [0.29, 0.717) is 18.5 Å². The first-order valence-corrected chi connectivity index (χ1v) is 7.24.